The van der Waals surface area contributed by atoms with Crippen LogP contribution >= 0.6 is 15.9 Å². The number of hydrogen-bond acceptors (Lipinski definition) is 6. The van der Waals surface area contributed by atoms with Gasteiger partial charge in [-0.2, -0.15) is 0 Å². The minimum absolute atomic E-state index is 0. The molecule has 0 atom stereocenters. The van der Waals surface area contributed by atoms with E-state index in [1.54, 1.807) is 18.3 Å². The maximum absolute atomic E-state index is 10.7. The summed E-state index contributed by atoms with van der Waals surface area (Å²) < 4.78 is 0.834. The second-order valence-electron chi connectivity index (χ2n) is 2.97. The molecule has 0 radical (unpaired) electrons. The van der Waals surface area contributed by atoms with E-state index in [0.717, 1.165) is 9.86 Å². The second kappa shape index (κ2) is 8.50. The molecule has 2 aromatic rings. The Hall–Kier alpha value is -0.654. The summed E-state index contributed by atoms with van der Waals surface area (Å²) in [4.78, 5) is 22.4. The molecule has 94 valence electrons. The topological polar surface area (TPSA) is 122 Å². The molecule has 0 amide bonds. The van der Waals surface area contributed by atoms with Crippen LogP contribution in [0, 0.1) is 25.4 Å². The summed E-state index contributed by atoms with van der Waals surface area (Å²) in [6, 6.07) is 4.88. The van der Waals surface area contributed by atoms with Crippen molar-refractivity contribution < 1.29 is 61.4 Å². The zero-order chi connectivity index (χ0) is 13.7. The largest absolute Gasteiger partial charge is 1.00 e. The van der Waals surface area contributed by atoms with E-state index in [1.807, 2.05) is 0 Å². The maximum atomic E-state index is 10.7. The molecule has 1 aromatic heterocycles. The first kappa shape index (κ1) is 18.3. The van der Waals surface area contributed by atoms with Gasteiger partial charge in [0.15, 0.2) is 0 Å². The number of hydrogen-bond donors (Lipinski definition) is 0. The van der Waals surface area contributed by atoms with Crippen LogP contribution < -0.4 is 51.4 Å². The molecule has 0 spiro atoms. The van der Waals surface area contributed by atoms with Gasteiger partial charge in [-0.25, -0.2) is 0 Å². The molecule has 0 fully saturated rings. The third-order valence-corrected chi connectivity index (χ3v) is 2.63. The van der Waals surface area contributed by atoms with Crippen molar-refractivity contribution in [3.8, 4) is 0 Å². The van der Waals surface area contributed by atoms with Crippen molar-refractivity contribution in [3.63, 3.8) is 0 Å². The van der Waals surface area contributed by atoms with E-state index >= 15 is 0 Å². The molecule has 19 heavy (non-hydrogen) atoms. The summed E-state index contributed by atoms with van der Waals surface area (Å²) in [5.74, 6) is 0. The minimum atomic E-state index is -1.75. The van der Waals surface area contributed by atoms with Gasteiger partial charge in [-0.1, -0.05) is 15.9 Å². The van der Waals surface area contributed by atoms with Gasteiger partial charge in [-0.15, -0.1) is 0 Å². The molecule has 0 N–H and O–H groups in total. The van der Waals surface area contributed by atoms with Gasteiger partial charge >= 0.3 is 51.4 Å². The standard InChI is InChI=1S/C9H5BrN2O2.K.NO3/c10-8-1-2-9(12(13)14)7-5-11-4-3-6(7)8;;2-1(3)4/h1-5H;;/q;+1;-1. The van der Waals surface area contributed by atoms with Crippen LogP contribution in [0.1, 0.15) is 0 Å². The van der Waals surface area contributed by atoms with E-state index in [4.69, 9.17) is 15.3 Å². The van der Waals surface area contributed by atoms with Crippen molar-refractivity contribution in [2.45, 2.75) is 0 Å². The molecular weight excluding hydrogens is 349 g/mol. The van der Waals surface area contributed by atoms with E-state index in [9.17, 15) is 10.1 Å². The smallest absolute Gasteiger partial charge is 0.356 e. The van der Waals surface area contributed by atoms with E-state index in [2.05, 4.69) is 20.9 Å². The number of halogens is 1. The first-order chi connectivity index (χ1) is 8.43. The van der Waals surface area contributed by atoms with Crippen LogP contribution in [0.4, 0.5) is 5.69 Å². The third-order valence-electron chi connectivity index (χ3n) is 1.94. The Morgan fingerprint density at radius 1 is 1.05 bits per heavy atom. The van der Waals surface area contributed by atoms with E-state index < -0.39 is 10.0 Å². The van der Waals surface area contributed by atoms with Gasteiger partial charge < -0.3 is 15.3 Å². The molecule has 10 heteroatoms. The van der Waals surface area contributed by atoms with E-state index in [1.165, 1.54) is 12.3 Å². The summed E-state index contributed by atoms with van der Waals surface area (Å²) in [6.45, 7) is 0. The Kier molecular flexibility index (Phi) is 8.21. The molecular formula is C9H5BrKN3O5. The fraction of sp³-hybridized carbons (Fsp3) is 0. The molecule has 2 rings (SSSR count). The Labute approximate surface area is 157 Å². The molecule has 0 aliphatic heterocycles. The van der Waals surface area contributed by atoms with Gasteiger partial charge in [-0.05, 0) is 12.1 Å². The summed E-state index contributed by atoms with van der Waals surface area (Å²) in [6.07, 6.45) is 3.11. The number of nitrogens with zero attached hydrogens (tertiary/aromatic N) is 3. The summed E-state index contributed by atoms with van der Waals surface area (Å²) in [7, 11) is 0. The third kappa shape index (κ3) is 5.46. The summed E-state index contributed by atoms with van der Waals surface area (Å²) >= 11 is 3.33. The van der Waals surface area contributed by atoms with Crippen molar-refractivity contribution in [1.29, 1.82) is 0 Å². The maximum Gasteiger partial charge on any atom is 1.00 e. The number of nitro groups is 1. The number of aromatic nitrogens is 1. The molecule has 0 bridgehead atoms. The average Bonchev–Trinajstić information content (AvgIpc) is 2.28. The van der Waals surface area contributed by atoms with Crippen molar-refractivity contribution in [2.24, 2.45) is 0 Å². The van der Waals surface area contributed by atoms with Crippen LogP contribution in [0.15, 0.2) is 35.1 Å². The van der Waals surface area contributed by atoms with Gasteiger partial charge in [0.05, 0.1) is 15.4 Å². The van der Waals surface area contributed by atoms with Crippen molar-refractivity contribution >= 4 is 32.4 Å². The Morgan fingerprint density at radius 2 is 1.63 bits per heavy atom. The predicted molar refractivity (Wildman–Crippen MR) is 66.5 cm³/mol. The Balaban J connectivity index is 0.000000576. The van der Waals surface area contributed by atoms with Gasteiger partial charge in [0.25, 0.3) is 5.69 Å². The molecule has 0 unspecified atom stereocenters. The van der Waals surface area contributed by atoms with Crippen LogP contribution in [-0.2, 0) is 0 Å². The van der Waals surface area contributed by atoms with Crippen LogP contribution in [0.3, 0.4) is 0 Å². The average molecular weight is 354 g/mol. The molecule has 0 saturated heterocycles. The minimum Gasteiger partial charge on any atom is -0.356 e. The quantitative estimate of drug-likeness (QED) is 0.393. The second-order valence-corrected chi connectivity index (χ2v) is 3.82. The zero-order valence-electron chi connectivity index (χ0n) is 9.65. The van der Waals surface area contributed by atoms with Crippen LogP contribution in [0.5, 0.6) is 0 Å². The number of pyridine rings is 1. The molecule has 1 heterocycles. The molecule has 1 aromatic carbocycles. The fourth-order valence-corrected chi connectivity index (χ4v) is 1.78. The zero-order valence-corrected chi connectivity index (χ0v) is 14.4. The summed E-state index contributed by atoms with van der Waals surface area (Å²) in [5, 5.41) is 26.8. The number of non-ortho nitro benzene ring substituents is 1. The first-order valence-electron chi connectivity index (χ1n) is 4.41. The molecule has 8 nitrogen and oxygen atoms in total. The Morgan fingerprint density at radius 3 is 2.16 bits per heavy atom. The van der Waals surface area contributed by atoms with Gasteiger partial charge in [0.1, 0.15) is 0 Å². The summed E-state index contributed by atoms with van der Waals surface area (Å²) in [5.41, 5.74) is 0.0799. The molecule has 0 saturated carbocycles. The molecule has 0 aliphatic carbocycles. The predicted octanol–water partition coefficient (Wildman–Crippen LogP) is -0.330. The Bertz CT molecular complexity index is 605. The first-order valence-corrected chi connectivity index (χ1v) is 5.21. The van der Waals surface area contributed by atoms with Gasteiger partial charge in [0.2, 0.25) is 0 Å². The normalized spacial score (nSPS) is 8.89. The number of rotatable bonds is 1. The van der Waals surface area contributed by atoms with Crippen molar-refractivity contribution in [2.75, 3.05) is 0 Å². The monoisotopic (exact) mass is 353 g/mol. The van der Waals surface area contributed by atoms with Crippen LogP contribution in [0.2, 0.25) is 0 Å². The van der Waals surface area contributed by atoms with Crippen molar-refractivity contribution in [1.82, 2.24) is 4.98 Å². The number of fused-ring (bicyclic) bond motifs is 1. The SMILES string of the molecule is O=[N+]([O-])[O-].O=[N+]([O-])c1ccc(Br)c2ccncc12.[K+]. The van der Waals surface area contributed by atoms with Crippen LogP contribution in [0.25, 0.3) is 10.8 Å². The van der Waals surface area contributed by atoms with E-state index in [0.29, 0.717) is 5.39 Å². The molecule has 0 aliphatic rings. The van der Waals surface area contributed by atoms with Crippen LogP contribution in [-0.4, -0.2) is 15.0 Å². The van der Waals surface area contributed by atoms with Gasteiger partial charge in [-0.3, -0.25) is 15.1 Å². The number of benzene rings is 1. The van der Waals surface area contributed by atoms with E-state index in [-0.39, 0.29) is 57.1 Å². The van der Waals surface area contributed by atoms with Crippen molar-refractivity contribution in [3.05, 3.63) is 60.5 Å². The fourth-order valence-electron chi connectivity index (χ4n) is 1.30. The van der Waals surface area contributed by atoms with Gasteiger partial charge in [0, 0.05) is 28.3 Å². The number of nitro benzene ring substituents is 1.